The number of aromatic hydroxyl groups is 2. The quantitative estimate of drug-likeness (QED) is 0.782. The van der Waals surface area contributed by atoms with Crippen LogP contribution >= 0.6 is 22.9 Å². The van der Waals surface area contributed by atoms with Gasteiger partial charge in [-0.3, -0.25) is 0 Å². The maximum absolute atomic E-state index is 9.39. The van der Waals surface area contributed by atoms with Crippen LogP contribution in [0.2, 0.25) is 5.02 Å². The van der Waals surface area contributed by atoms with Crippen LogP contribution in [0.1, 0.15) is 0 Å². The molecule has 2 nitrogen and oxygen atoms in total. The van der Waals surface area contributed by atoms with Crippen molar-refractivity contribution in [2.75, 3.05) is 0 Å². The molecule has 2 aromatic rings. The van der Waals surface area contributed by atoms with Crippen LogP contribution in [-0.4, -0.2) is 10.2 Å². The smallest absolute Gasteiger partial charge is 0.138 e. The van der Waals surface area contributed by atoms with Crippen LogP contribution in [-0.2, 0) is 0 Å². The highest BCUT2D eigenvalue weighted by Gasteiger charge is 2.08. The van der Waals surface area contributed by atoms with Gasteiger partial charge in [0.15, 0.2) is 0 Å². The summed E-state index contributed by atoms with van der Waals surface area (Å²) in [6.07, 6.45) is 0. The van der Waals surface area contributed by atoms with Gasteiger partial charge in [-0.05, 0) is 29.1 Å². The highest BCUT2D eigenvalue weighted by atomic mass is 35.5. The van der Waals surface area contributed by atoms with Gasteiger partial charge in [-0.15, -0.1) is 11.3 Å². The molecule has 0 atom stereocenters. The van der Waals surface area contributed by atoms with Gasteiger partial charge in [0.2, 0.25) is 0 Å². The van der Waals surface area contributed by atoms with Crippen LogP contribution < -0.4 is 0 Å². The predicted molar refractivity (Wildman–Crippen MR) is 58.1 cm³/mol. The minimum atomic E-state index is -0.102. The van der Waals surface area contributed by atoms with E-state index < -0.39 is 0 Å². The van der Waals surface area contributed by atoms with Crippen LogP contribution in [0.5, 0.6) is 11.5 Å². The minimum absolute atomic E-state index is 0.00898. The lowest BCUT2D eigenvalue weighted by molar-refractivity contribution is 0.451. The minimum Gasteiger partial charge on any atom is -0.506 e. The number of hydrogen-bond donors (Lipinski definition) is 2. The third-order valence-corrected chi connectivity index (χ3v) is 3.15. The molecule has 0 spiro atoms. The summed E-state index contributed by atoms with van der Waals surface area (Å²) in [6.45, 7) is 0. The third-order valence-electron chi connectivity index (χ3n) is 1.84. The van der Waals surface area contributed by atoms with Crippen LogP contribution in [0.3, 0.4) is 0 Å². The first-order chi connectivity index (χ1) is 6.68. The van der Waals surface area contributed by atoms with Crippen molar-refractivity contribution in [3.8, 4) is 21.9 Å². The number of benzene rings is 1. The molecule has 0 bridgehead atoms. The first-order valence-corrected chi connectivity index (χ1v) is 5.19. The summed E-state index contributed by atoms with van der Waals surface area (Å²) in [7, 11) is 0. The molecule has 0 saturated carbocycles. The maximum Gasteiger partial charge on any atom is 0.138 e. The zero-order chi connectivity index (χ0) is 10.1. The fraction of sp³-hybridized carbons (Fsp3) is 0. The Hall–Kier alpha value is -1.19. The Morgan fingerprint density at radius 1 is 1.14 bits per heavy atom. The second kappa shape index (κ2) is 3.52. The van der Waals surface area contributed by atoms with Gasteiger partial charge in [-0.1, -0.05) is 17.7 Å². The lowest BCUT2D eigenvalue weighted by Gasteiger charge is -2.03. The Morgan fingerprint density at radius 3 is 2.29 bits per heavy atom. The Kier molecular flexibility index (Phi) is 2.35. The van der Waals surface area contributed by atoms with Crippen molar-refractivity contribution in [2.24, 2.45) is 0 Å². The van der Waals surface area contributed by atoms with E-state index in [9.17, 15) is 10.2 Å². The zero-order valence-corrected chi connectivity index (χ0v) is 8.64. The third kappa shape index (κ3) is 1.56. The molecule has 0 amide bonds. The fourth-order valence-corrected chi connectivity index (χ4v) is 2.00. The number of thiophene rings is 1. The van der Waals surface area contributed by atoms with Gasteiger partial charge >= 0.3 is 0 Å². The van der Waals surface area contributed by atoms with Gasteiger partial charge in [-0.2, -0.15) is 0 Å². The van der Waals surface area contributed by atoms with Crippen molar-refractivity contribution in [3.05, 3.63) is 34.7 Å². The van der Waals surface area contributed by atoms with E-state index >= 15 is 0 Å². The van der Waals surface area contributed by atoms with E-state index in [1.165, 1.54) is 23.5 Å². The van der Waals surface area contributed by atoms with Crippen molar-refractivity contribution < 1.29 is 10.2 Å². The molecular formula is C10H7ClO2S. The lowest BCUT2D eigenvalue weighted by Crippen LogP contribution is -1.75. The van der Waals surface area contributed by atoms with Crippen molar-refractivity contribution >= 4 is 22.9 Å². The summed E-state index contributed by atoms with van der Waals surface area (Å²) >= 11 is 7.15. The van der Waals surface area contributed by atoms with Crippen LogP contribution in [0.25, 0.3) is 10.4 Å². The Labute approximate surface area is 90.0 Å². The standard InChI is InChI=1S/C10H7ClO2S/c11-10-7(12)4-6(5-8(10)13)9-2-1-3-14-9/h1-5,12-13H. The molecule has 72 valence electrons. The largest absolute Gasteiger partial charge is 0.506 e. The van der Waals surface area contributed by atoms with Gasteiger partial charge in [0.25, 0.3) is 0 Å². The molecule has 1 aromatic carbocycles. The van der Waals surface area contributed by atoms with E-state index in [4.69, 9.17) is 11.6 Å². The van der Waals surface area contributed by atoms with E-state index in [2.05, 4.69) is 0 Å². The number of rotatable bonds is 1. The molecule has 0 aliphatic carbocycles. The topological polar surface area (TPSA) is 40.5 Å². The molecule has 2 rings (SSSR count). The van der Waals surface area contributed by atoms with Crippen LogP contribution in [0.15, 0.2) is 29.6 Å². The second-order valence-corrected chi connectivity index (χ2v) is 4.13. The summed E-state index contributed by atoms with van der Waals surface area (Å²) in [5, 5.41) is 20.7. The Bertz CT molecular complexity index is 428. The number of phenols is 2. The molecule has 14 heavy (non-hydrogen) atoms. The SMILES string of the molecule is Oc1cc(-c2cccs2)cc(O)c1Cl. The maximum atomic E-state index is 9.39. The summed E-state index contributed by atoms with van der Waals surface area (Å²) in [5.74, 6) is -0.204. The fourth-order valence-electron chi connectivity index (χ4n) is 1.18. The molecule has 0 aliphatic heterocycles. The van der Waals surface area contributed by atoms with Crippen molar-refractivity contribution in [1.29, 1.82) is 0 Å². The van der Waals surface area contributed by atoms with Crippen molar-refractivity contribution in [2.45, 2.75) is 0 Å². The first-order valence-electron chi connectivity index (χ1n) is 3.94. The Morgan fingerprint density at radius 2 is 1.79 bits per heavy atom. The molecule has 0 unspecified atom stereocenters. The molecule has 0 saturated heterocycles. The molecule has 0 fully saturated rings. The monoisotopic (exact) mass is 226 g/mol. The number of halogens is 1. The van der Waals surface area contributed by atoms with Gasteiger partial charge in [0.05, 0.1) is 0 Å². The highest BCUT2D eigenvalue weighted by Crippen LogP contribution is 2.38. The summed E-state index contributed by atoms with van der Waals surface area (Å²) < 4.78 is 0. The molecule has 1 aromatic heterocycles. The van der Waals surface area contributed by atoms with E-state index in [0.717, 1.165) is 10.4 Å². The molecule has 1 heterocycles. The normalized spacial score (nSPS) is 10.4. The molecule has 0 radical (unpaired) electrons. The first kappa shape index (κ1) is 9.37. The van der Waals surface area contributed by atoms with Crippen molar-refractivity contribution in [1.82, 2.24) is 0 Å². The lowest BCUT2D eigenvalue weighted by atomic mass is 10.1. The zero-order valence-electron chi connectivity index (χ0n) is 7.07. The van der Waals surface area contributed by atoms with E-state index in [1.807, 2.05) is 17.5 Å². The molecular weight excluding hydrogens is 220 g/mol. The molecule has 0 aliphatic rings. The number of hydrogen-bond acceptors (Lipinski definition) is 3. The van der Waals surface area contributed by atoms with Gasteiger partial charge in [0, 0.05) is 4.88 Å². The predicted octanol–water partition coefficient (Wildman–Crippen LogP) is 3.48. The summed E-state index contributed by atoms with van der Waals surface area (Å²) in [4.78, 5) is 0.979. The van der Waals surface area contributed by atoms with Crippen LogP contribution in [0, 0.1) is 0 Å². The second-order valence-electron chi connectivity index (χ2n) is 2.81. The average Bonchev–Trinajstić information content (AvgIpc) is 2.66. The summed E-state index contributed by atoms with van der Waals surface area (Å²) in [5.41, 5.74) is 0.763. The van der Waals surface area contributed by atoms with Gasteiger partial charge in [-0.25, -0.2) is 0 Å². The summed E-state index contributed by atoms with van der Waals surface area (Å²) in [6, 6.07) is 6.89. The average molecular weight is 227 g/mol. The van der Waals surface area contributed by atoms with E-state index in [1.54, 1.807) is 0 Å². The molecule has 4 heteroatoms. The van der Waals surface area contributed by atoms with Gasteiger partial charge in [0.1, 0.15) is 16.5 Å². The van der Waals surface area contributed by atoms with Gasteiger partial charge < -0.3 is 10.2 Å². The van der Waals surface area contributed by atoms with Crippen LogP contribution in [0.4, 0.5) is 0 Å². The van der Waals surface area contributed by atoms with E-state index in [-0.39, 0.29) is 16.5 Å². The Balaban J connectivity index is 2.57. The van der Waals surface area contributed by atoms with Crippen molar-refractivity contribution in [3.63, 3.8) is 0 Å². The van der Waals surface area contributed by atoms with E-state index in [0.29, 0.717) is 0 Å². The molecule has 2 N–H and O–H groups in total. The highest BCUT2D eigenvalue weighted by molar-refractivity contribution is 7.13. The number of phenolic OH excluding ortho intramolecular Hbond substituents is 2.